The first kappa shape index (κ1) is 22.1. The van der Waals surface area contributed by atoms with E-state index in [9.17, 15) is 10.0 Å². The molecule has 3 aliphatic carbocycles. The van der Waals surface area contributed by atoms with Crippen molar-refractivity contribution in [2.45, 2.75) is 58.4 Å². The van der Waals surface area contributed by atoms with E-state index < -0.39 is 5.91 Å². The molecule has 1 amide bonds. The lowest BCUT2D eigenvalue weighted by Gasteiger charge is -2.29. The number of pyridine rings is 1. The van der Waals surface area contributed by atoms with Crippen LogP contribution in [0.4, 0.5) is 0 Å². The Balaban J connectivity index is 1.47. The van der Waals surface area contributed by atoms with Crippen LogP contribution < -0.4 is 15.4 Å². The Hall–Kier alpha value is -3.09. The number of hydrogen-bond acceptors (Lipinski definition) is 5. The fourth-order valence-electron chi connectivity index (χ4n) is 4.59. The molecule has 0 aromatic carbocycles. The van der Waals surface area contributed by atoms with Crippen molar-refractivity contribution in [3.63, 3.8) is 0 Å². The van der Waals surface area contributed by atoms with Crippen LogP contribution in [-0.2, 0) is 4.74 Å². The summed E-state index contributed by atoms with van der Waals surface area (Å²) in [6.45, 7) is 3.99. The molecule has 2 saturated carbocycles. The lowest BCUT2D eigenvalue weighted by atomic mass is 9.83. The van der Waals surface area contributed by atoms with Gasteiger partial charge in [-0.05, 0) is 69.4 Å². The number of amides is 1. The van der Waals surface area contributed by atoms with Crippen molar-refractivity contribution in [1.82, 2.24) is 10.6 Å². The molecule has 170 valence electrons. The van der Waals surface area contributed by atoms with Crippen molar-refractivity contribution < 1.29 is 19.5 Å². The van der Waals surface area contributed by atoms with Gasteiger partial charge in [-0.1, -0.05) is 0 Å². The van der Waals surface area contributed by atoms with Crippen LogP contribution in [-0.4, -0.2) is 29.5 Å². The van der Waals surface area contributed by atoms with E-state index in [0.717, 1.165) is 29.4 Å². The highest BCUT2D eigenvalue weighted by molar-refractivity contribution is 6.10. The number of carbonyl (C=O) groups excluding carboxylic acids is 1. The van der Waals surface area contributed by atoms with Gasteiger partial charge in [-0.15, -0.1) is 0 Å². The summed E-state index contributed by atoms with van der Waals surface area (Å²) in [6, 6.07) is 5.41. The molecule has 1 aromatic rings. The van der Waals surface area contributed by atoms with Crippen LogP contribution >= 0.6 is 0 Å². The molecule has 0 spiro atoms. The lowest BCUT2D eigenvalue weighted by Crippen LogP contribution is -2.44. The van der Waals surface area contributed by atoms with E-state index >= 15 is 0 Å². The molecule has 0 unspecified atom stereocenters. The van der Waals surface area contributed by atoms with Crippen LogP contribution in [0.5, 0.6) is 0 Å². The molecule has 0 atom stereocenters. The Kier molecular flexibility index (Phi) is 6.63. The predicted molar refractivity (Wildman–Crippen MR) is 121 cm³/mol. The fourth-order valence-corrected chi connectivity index (χ4v) is 4.59. The third-order valence-electron chi connectivity index (χ3n) is 6.62. The van der Waals surface area contributed by atoms with Gasteiger partial charge in [0.05, 0.1) is 18.0 Å². The maximum Gasteiger partial charge on any atom is 0.325 e. The Morgan fingerprint density at radius 3 is 2.53 bits per heavy atom. The fraction of sp³-hybridized carbons (Fsp3) is 0.480. The number of hydrogen-bond donors (Lipinski definition) is 4. The van der Waals surface area contributed by atoms with Crippen molar-refractivity contribution in [2.24, 2.45) is 11.8 Å². The van der Waals surface area contributed by atoms with Crippen LogP contribution in [0.1, 0.15) is 61.6 Å². The number of nitrogens with zero attached hydrogens (tertiary/aromatic N) is 1. The highest BCUT2D eigenvalue weighted by Gasteiger charge is 2.33. The minimum atomic E-state index is -0.452. The minimum absolute atomic E-state index is 0.124. The van der Waals surface area contributed by atoms with Crippen LogP contribution in [0.15, 0.2) is 53.6 Å². The minimum Gasteiger partial charge on any atom is -0.492 e. The van der Waals surface area contributed by atoms with Gasteiger partial charge >= 0.3 is 11.6 Å². The summed E-state index contributed by atoms with van der Waals surface area (Å²) in [7, 11) is 0. The molecule has 0 radical (unpaired) electrons. The molecule has 1 heterocycles. The molecule has 1 aromatic heterocycles. The number of aryl methyl sites for hydroxylation is 1. The number of ether oxygens (including phenoxy) is 1. The van der Waals surface area contributed by atoms with Gasteiger partial charge in [-0.2, -0.15) is 0 Å². The third-order valence-corrected chi connectivity index (χ3v) is 6.62. The molecule has 0 bridgehead atoms. The first-order valence-electron chi connectivity index (χ1n) is 11.6. The monoisotopic (exact) mass is 437 g/mol. The second-order valence-corrected chi connectivity index (χ2v) is 8.95. The maximum atomic E-state index is 12.8. The molecule has 4 N–H and O–H groups in total. The van der Waals surface area contributed by atoms with Crippen LogP contribution in [0, 0.1) is 24.2 Å². The smallest absolute Gasteiger partial charge is 0.325 e. The van der Waals surface area contributed by atoms with Crippen molar-refractivity contribution >= 4 is 11.6 Å². The summed E-state index contributed by atoms with van der Waals surface area (Å²) in [5, 5.41) is 24.9. The largest absolute Gasteiger partial charge is 0.492 e. The van der Waals surface area contributed by atoms with E-state index in [2.05, 4.69) is 10.6 Å². The number of rotatable bonds is 7. The van der Waals surface area contributed by atoms with Crippen LogP contribution in [0.25, 0.3) is 0 Å². The maximum absolute atomic E-state index is 12.8. The first-order chi connectivity index (χ1) is 15.5. The zero-order valence-corrected chi connectivity index (χ0v) is 18.9. The van der Waals surface area contributed by atoms with Gasteiger partial charge in [-0.3, -0.25) is 10.0 Å². The summed E-state index contributed by atoms with van der Waals surface area (Å²) < 4.78 is 6.52. The molecular formula is C25H33N4O3+. The first-order valence-corrected chi connectivity index (χ1v) is 11.6. The number of carbonyl (C=O) groups is 1. The number of allylic oxidation sites excluding steroid dienone is 3. The van der Waals surface area contributed by atoms with Gasteiger partial charge < -0.3 is 20.8 Å². The topological polar surface area (TPSA) is 98.3 Å². The van der Waals surface area contributed by atoms with Gasteiger partial charge in [0.2, 0.25) is 5.69 Å². The van der Waals surface area contributed by atoms with Gasteiger partial charge in [-0.25, -0.2) is 0 Å². The summed E-state index contributed by atoms with van der Waals surface area (Å²) in [4.78, 5) is 12.8. The second kappa shape index (κ2) is 9.59. The van der Waals surface area contributed by atoms with E-state index in [1.807, 2.05) is 13.1 Å². The van der Waals surface area contributed by atoms with Gasteiger partial charge in [0, 0.05) is 47.7 Å². The molecule has 7 nitrogen and oxygen atoms in total. The van der Waals surface area contributed by atoms with Crippen molar-refractivity contribution in [2.75, 3.05) is 6.61 Å². The highest BCUT2D eigenvalue weighted by atomic mass is 16.5. The van der Waals surface area contributed by atoms with Crippen molar-refractivity contribution in [3.05, 3.63) is 65.0 Å². The molecule has 4 rings (SSSR count). The highest BCUT2D eigenvalue weighted by Crippen LogP contribution is 2.43. The summed E-state index contributed by atoms with van der Waals surface area (Å²) in [6.07, 6.45) is 13.0. The average Bonchev–Trinajstić information content (AvgIpc) is 3.62. The summed E-state index contributed by atoms with van der Waals surface area (Å²) in [5.41, 5.74) is 2.17. The van der Waals surface area contributed by atoms with Gasteiger partial charge in [0.1, 0.15) is 5.76 Å². The quantitative estimate of drug-likeness (QED) is 0.387. The zero-order chi connectivity index (χ0) is 22.7. The van der Waals surface area contributed by atoms with E-state index in [4.69, 9.17) is 10.1 Å². The van der Waals surface area contributed by atoms with E-state index in [0.29, 0.717) is 41.1 Å². The van der Waals surface area contributed by atoms with Crippen LogP contribution in [0.3, 0.4) is 0 Å². The molecular weight excluding hydrogens is 404 g/mol. The molecule has 0 saturated heterocycles. The predicted octanol–water partition coefficient (Wildman–Crippen LogP) is 3.53. The molecule has 3 aliphatic rings. The van der Waals surface area contributed by atoms with Crippen molar-refractivity contribution in [3.8, 4) is 0 Å². The standard InChI is InChI=1S/C25H32N4O3/c1-3-32-24-14-21(26)19(15-27-20-11-9-18(10-12-20)17-7-8-17)13-22(24)28-25(30)23-6-4-5-16(2)29(23)31/h4-6,13-15,17-18,20,26,30-31H,3,7-12H2,1-2H3/p+1/t18-,20-. The van der Waals surface area contributed by atoms with E-state index in [1.165, 1.54) is 25.7 Å². The Bertz CT molecular complexity index is 983. The van der Waals surface area contributed by atoms with Crippen molar-refractivity contribution in [1.29, 1.82) is 5.41 Å². The average molecular weight is 438 g/mol. The Labute approximate surface area is 189 Å². The van der Waals surface area contributed by atoms with E-state index in [-0.39, 0.29) is 5.69 Å². The number of aromatic nitrogens is 1. The molecule has 0 aliphatic heterocycles. The van der Waals surface area contributed by atoms with Gasteiger partial charge in [0.15, 0.2) is 0 Å². The Morgan fingerprint density at radius 1 is 1.19 bits per heavy atom. The Morgan fingerprint density at radius 2 is 1.88 bits per heavy atom. The molecule has 7 heteroatoms. The molecule has 2 fully saturated rings. The van der Waals surface area contributed by atoms with Gasteiger partial charge in [0.25, 0.3) is 0 Å². The zero-order valence-electron chi connectivity index (χ0n) is 18.9. The molecule has 32 heavy (non-hydrogen) atoms. The SMILES string of the molecule is CCOC1=CC(=N)/C(=C\N[C@H]2CC[C@H](C3CC3)CC2)C=C1NC(=O)c1cccc(C)[n+]1O. The van der Waals surface area contributed by atoms with E-state index in [1.54, 1.807) is 37.3 Å². The van der Waals surface area contributed by atoms with Crippen LogP contribution in [0.2, 0.25) is 0 Å². The third kappa shape index (κ3) is 5.03. The number of nitrogens with one attached hydrogen (secondary N) is 3. The normalized spacial score (nSPS) is 24.6. The summed E-state index contributed by atoms with van der Waals surface area (Å²) >= 11 is 0. The second-order valence-electron chi connectivity index (χ2n) is 8.95. The lowest BCUT2D eigenvalue weighted by molar-refractivity contribution is -0.909. The summed E-state index contributed by atoms with van der Waals surface area (Å²) in [5.74, 6) is 1.86.